The van der Waals surface area contributed by atoms with Gasteiger partial charge in [-0.1, -0.05) is 5.16 Å². The average Bonchev–Trinajstić information content (AvgIpc) is 2.94. The van der Waals surface area contributed by atoms with E-state index in [0.29, 0.717) is 13.2 Å². The van der Waals surface area contributed by atoms with E-state index >= 15 is 0 Å². The van der Waals surface area contributed by atoms with E-state index in [4.69, 9.17) is 4.74 Å². The van der Waals surface area contributed by atoms with Crippen molar-refractivity contribution in [2.45, 2.75) is 25.9 Å². The predicted molar refractivity (Wildman–Crippen MR) is 59.2 cm³/mol. The fourth-order valence-electron chi connectivity index (χ4n) is 1.83. The van der Waals surface area contributed by atoms with Gasteiger partial charge in [-0.25, -0.2) is 0 Å². The summed E-state index contributed by atoms with van der Waals surface area (Å²) in [4.78, 5) is 21.8. The fraction of sp³-hybridized carbons (Fsp3) is 0.600. The standard InChI is InChI=1S/C10H13N3O5/c1-6-9(13(15)16)8(12-18-6)10(14)11-5-7-3-2-4-17-7/h7H,2-5H2,1H3,(H,11,14)/t7-/m1/s1. The molecule has 1 aliphatic rings. The zero-order valence-corrected chi connectivity index (χ0v) is 9.84. The van der Waals surface area contributed by atoms with Crippen molar-refractivity contribution in [2.75, 3.05) is 13.2 Å². The highest BCUT2D eigenvalue weighted by Crippen LogP contribution is 2.22. The van der Waals surface area contributed by atoms with E-state index in [1.807, 2.05) is 0 Å². The largest absolute Gasteiger partial charge is 0.376 e. The molecule has 1 fully saturated rings. The Kier molecular flexibility index (Phi) is 3.56. The summed E-state index contributed by atoms with van der Waals surface area (Å²) in [5, 5.41) is 16.7. The number of aromatic nitrogens is 1. The van der Waals surface area contributed by atoms with Gasteiger partial charge in [0.05, 0.1) is 11.0 Å². The van der Waals surface area contributed by atoms with Gasteiger partial charge in [0, 0.05) is 20.1 Å². The van der Waals surface area contributed by atoms with Gasteiger partial charge in [-0.15, -0.1) is 0 Å². The van der Waals surface area contributed by atoms with E-state index in [1.165, 1.54) is 6.92 Å². The van der Waals surface area contributed by atoms with Gasteiger partial charge in [0.2, 0.25) is 11.5 Å². The molecule has 1 atom stereocenters. The second-order valence-corrected chi connectivity index (χ2v) is 4.04. The topological polar surface area (TPSA) is 108 Å². The molecule has 0 radical (unpaired) electrons. The Bertz CT molecular complexity index is 464. The third-order valence-corrected chi connectivity index (χ3v) is 2.74. The van der Waals surface area contributed by atoms with Crippen LogP contribution in [0.3, 0.4) is 0 Å². The summed E-state index contributed by atoms with van der Waals surface area (Å²) in [5.41, 5.74) is -0.685. The Morgan fingerprint density at radius 2 is 2.44 bits per heavy atom. The maximum Gasteiger partial charge on any atom is 0.344 e. The number of amides is 1. The van der Waals surface area contributed by atoms with Gasteiger partial charge in [0.25, 0.3) is 5.91 Å². The number of aryl methyl sites for hydroxylation is 1. The number of nitrogens with one attached hydrogen (secondary N) is 1. The number of hydrogen-bond donors (Lipinski definition) is 1. The van der Waals surface area contributed by atoms with Gasteiger partial charge >= 0.3 is 5.69 Å². The number of carbonyl (C=O) groups excluding carboxylic acids is 1. The Hall–Kier alpha value is -1.96. The summed E-state index contributed by atoms with van der Waals surface area (Å²) in [7, 11) is 0. The molecule has 1 saturated heterocycles. The van der Waals surface area contributed by atoms with E-state index in [2.05, 4.69) is 15.0 Å². The molecule has 0 bridgehead atoms. The summed E-state index contributed by atoms with van der Waals surface area (Å²) in [6, 6.07) is 0. The fourth-order valence-corrected chi connectivity index (χ4v) is 1.83. The van der Waals surface area contributed by atoms with Crippen molar-refractivity contribution in [3.8, 4) is 0 Å². The predicted octanol–water partition coefficient (Wildman–Crippen LogP) is 0.800. The minimum absolute atomic E-state index is 0.0160. The first kappa shape index (κ1) is 12.5. The first-order valence-electron chi connectivity index (χ1n) is 5.60. The Labute approximate surface area is 102 Å². The molecule has 0 aromatic carbocycles. The highest BCUT2D eigenvalue weighted by Gasteiger charge is 2.29. The Morgan fingerprint density at radius 3 is 3.06 bits per heavy atom. The molecule has 8 nitrogen and oxygen atoms in total. The Morgan fingerprint density at radius 1 is 1.67 bits per heavy atom. The number of nitro groups is 1. The summed E-state index contributed by atoms with van der Waals surface area (Å²) in [6.07, 6.45) is 1.81. The molecule has 1 N–H and O–H groups in total. The van der Waals surface area contributed by atoms with Gasteiger partial charge < -0.3 is 14.6 Å². The van der Waals surface area contributed by atoms with Gasteiger partial charge in [-0.3, -0.25) is 14.9 Å². The number of hydrogen-bond acceptors (Lipinski definition) is 6. The lowest BCUT2D eigenvalue weighted by Crippen LogP contribution is -2.32. The molecule has 1 aliphatic heterocycles. The molecule has 1 aromatic rings. The van der Waals surface area contributed by atoms with Crippen LogP contribution in [-0.2, 0) is 4.74 Å². The number of nitrogens with zero attached hydrogens (tertiary/aromatic N) is 2. The monoisotopic (exact) mass is 255 g/mol. The molecular formula is C10H13N3O5. The van der Waals surface area contributed by atoms with Crippen LogP contribution in [0.4, 0.5) is 5.69 Å². The first-order valence-corrected chi connectivity index (χ1v) is 5.60. The van der Waals surface area contributed by atoms with Crippen LogP contribution in [0.2, 0.25) is 0 Å². The van der Waals surface area contributed by atoms with Crippen LogP contribution < -0.4 is 5.32 Å². The molecular weight excluding hydrogens is 242 g/mol. The highest BCUT2D eigenvalue weighted by molar-refractivity contribution is 5.96. The highest BCUT2D eigenvalue weighted by atomic mass is 16.6. The lowest BCUT2D eigenvalue weighted by Gasteiger charge is -2.09. The molecule has 1 aromatic heterocycles. The third kappa shape index (κ3) is 2.48. The molecule has 0 aliphatic carbocycles. The van der Waals surface area contributed by atoms with Gasteiger partial charge in [0.1, 0.15) is 0 Å². The summed E-state index contributed by atoms with van der Waals surface area (Å²) >= 11 is 0. The van der Waals surface area contributed by atoms with E-state index in [0.717, 1.165) is 12.8 Å². The maximum absolute atomic E-state index is 11.7. The van der Waals surface area contributed by atoms with Crippen molar-refractivity contribution in [3.63, 3.8) is 0 Å². The van der Waals surface area contributed by atoms with E-state index in [1.54, 1.807) is 0 Å². The van der Waals surface area contributed by atoms with E-state index < -0.39 is 10.8 Å². The van der Waals surface area contributed by atoms with Crippen LogP contribution in [0.25, 0.3) is 0 Å². The SMILES string of the molecule is Cc1onc(C(=O)NC[C@H]2CCCO2)c1[N+](=O)[O-]. The lowest BCUT2D eigenvalue weighted by molar-refractivity contribution is -0.386. The molecule has 98 valence electrons. The quantitative estimate of drug-likeness (QED) is 0.629. The van der Waals surface area contributed by atoms with Gasteiger partial charge in [-0.2, -0.15) is 0 Å². The van der Waals surface area contributed by atoms with Crippen molar-refractivity contribution in [1.82, 2.24) is 10.5 Å². The number of rotatable bonds is 4. The molecule has 0 saturated carbocycles. The van der Waals surface area contributed by atoms with E-state index in [-0.39, 0.29) is 23.2 Å². The average molecular weight is 255 g/mol. The van der Waals surface area contributed by atoms with Crippen LogP contribution in [0.5, 0.6) is 0 Å². The number of ether oxygens (including phenoxy) is 1. The Balaban J connectivity index is 2.02. The normalized spacial score (nSPS) is 18.8. The molecule has 0 unspecified atom stereocenters. The zero-order chi connectivity index (χ0) is 13.1. The van der Waals surface area contributed by atoms with Crippen LogP contribution >= 0.6 is 0 Å². The molecule has 8 heteroatoms. The summed E-state index contributed by atoms with van der Waals surface area (Å²) in [5.74, 6) is -0.601. The van der Waals surface area contributed by atoms with Crippen molar-refractivity contribution in [1.29, 1.82) is 0 Å². The smallest absolute Gasteiger partial charge is 0.344 e. The summed E-state index contributed by atoms with van der Waals surface area (Å²) in [6.45, 7) is 2.40. The third-order valence-electron chi connectivity index (χ3n) is 2.74. The molecule has 18 heavy (non-hydrogen) atoms. The van der Waals surface area contributed by atoms with E-state index in [9.17, 15) is 14.9 Å². The lowest BCUT2D eigenvalue weighted by atomic mass is 10.2. The molecule has 2 rings (SSSR count). The maximum atomic E-state index is 11.7. The molecule has 0 spiro atoms. The minimum Gasteiger partial charge on any atom is -0.376 e. The first-order chi connectivity index (χ1) is 8.59. The van der Waals surface area contributed by atoms with Crippen molar-refractivity contribution in [3.05, 3.63) is 21.6 Å². The van der Waals surface area contributed by atoms with Crippen LogP contribution in [-0.4, -0.2) is 35.2 Å². The summed E-state index contributed by atoms with van der Waals surface area (Å²) < 4.78 is 10.00. The molecule has 1 amide bonds. The van der Waals surface area contributed by atoms with Gasteiger partial charge in [-0.05, 0) is 12.8 Å². The van der Waals surface area contributed by atoms with Crippen LogP contribution in [0.15, 0.2) is 4.52 Å². The molecule has 2 heterocycles. The van der Waals surface area contributed by atoms with Crippen molar-refractivity contribution in [2.24, 2.45) is 0 Å². The van der Waals surface area contributed by atoms with Crippen LogP contribution in [0.1, 0.15) is 29.1 Å². The van der Waals surface area contributed by atoms with Gasteiger partial charge in [0.15, 0.2) is 0 Å². The second kappa shape index (κ2) is 5.13. The zero-order valence-electron chi connectivity index (χ0n) is 9.84. The minimum atomic E-state index is -0.674. The second-order valence-electron chi connectivity index (χ2n) is 4.04. The van der Waals surface area contributed by atoms with Crippen LogP contribution in [0, 0.1) is 17.0 Å². The van der Waals surface area contributed by atoms with Crippen molar-refractivity contribution >= 4 is 11.6 Å². The number of carbonyl (C=O) groups is 1. The van der Waals surface area contributed by atoms with Crippen molar-refractivity contribution < 1.29 is 19.0 Å².